The number of hydrogen-bond acceptors (Lipinski definition) is 7. The van der Waals surface area contributed by atoms with Crippen LogP contribution in [0.5, 0.6) is 0 Å². The zero-order valence-electron chi connectivity index (χ0n) is 11.6. The van der Waals surface area contributed by atoms with E-state index in [4.69, 9.17) is 5.73 Å². The molecule has 0 aliphatic heterocycles. The molecule has 0 atom stereocenters. The minimum absolute atomic E-state index is 0.0742. The van der Waals surface area contributed by atoms with Crippen LogP contribution in [0.25, 0.3) is 11.1 Å². The molecule has 2 heterocycles. The summed E-state index contributed by atoms with van der Waals surface area (Å²) in [6, 6.07) is 7.57. The first kappa shape index (κ1) is 14.7. The van der Waals surface area contributed by atoms with Gasteiger partial charge in [0, 0.05) is 5.56 Å². The number of nitrogens with two attached hydrogens (primary N) is 1. The van der Waals surface area contributed by atoms with Gasteiger partial charge in [0.25, 0.3) is 0 Å². The van der Waals surface area contributed by atoms with Gasteiger partial charge in [0.15, 0.2) is 5.03 Å². The van der Waals surface area contributed by atoms with Crippen LogP contribution in [0.4, 0.5) is 5.13 Å². The predicted molar refractivity (Wildman–Crippen MR) is 84.0 cm³/mol. The van der Waals surface area contributed by atoms with Gasteiger partial charge in [-0.15, -0.1) is 10.2 Å². The first-order chi connectivity index (χ1) is 10.5. The summed E-state index contributed by atoms with van der Waals surface area (Å²) < 4.78 is 25.1. The summed E-state index contributed by atoms with van der Waals surface area (Å²) in [5.41, 5.74) is 7.91. The molecule has 0 aliphatic rings. The highest BCUT2D eigenvalue weighted by atomic mass is 32.2. The van der Waals surface area contributed by atoms with Gasteiger partial charge in [0.05, 0.1) is 6.20 Å². The first-order valence-electron chi connectivity index (χ1n) is 6.37. The van der Waals surface area contributed by atoms with Crippen LogP contribution in [0, 0.1) is 6.92 Å². The molecule has 0 unspecified atom stereocenters. The number of sulfone groups is 1. The Morgan fingerprint density at radius 3 is 2.59 bits per heavy atom. The van der Waals surface area contributed by atoms with Crippen molar-refractivity contribution in [1.29, 1.82) is 0 Å². The zero-order chi connectivity index (χ0) is 15.7. The number of nitrogens with zero attached hydrogens (tertiary/aromatic N) is 3. The fraction of sp³-hybridized carbons (Fsp3) is 0.154. The monoisotopic (exact) mass is 335 g/mol. The number of aryl methyl sites for hydroxylation is 1. The Bertz CT molecular complexity index is 897. The number of aromatic amines is 1. The van der Waals surface area contributed by atoms with E-state index in [0.717, 1.165) is 22.5 Å². The van der Waals surface area contributed by atoms with Crippen LogP contribution in [-0.2, 0) is 15.6 Å². The van der Waals surface area contributed by atoms with Crippen molar-refractivity contribution >= 4 is 26.3 Å². The van der Waals surface area contributed by atoms with Gasteiger partial charge < -0.3 is 5.73 Å². The Hall–Kier alpha value is -2.26. The molecule has 0 spiro atoms. The average Bonchev–Trinajstić information content (AvgIpc) is 3.09. The fourth-order valence-electron chi connectivity index (χ4n) is 2.01. The van der Waals surface area contributed by atoms with E-state index in [2.05, 4.69) is 20.4 Å². The van der Waals surface area contributed by atoms with Crippen LogP contribution in [0.15, 0.2) is 35.5 Å². The fourth-order valence-corrected chi connectivity index (χ4v) is 4.34. The lowest BCUT2D eigenvalue weighted by Crippen LogP contribution is -2.07. The van der Waals surface area contributed by atoms with E-state index < -0.39 is 9.84 Å². The molecule has 0 radical (unpaired) electrons. The van der Waals surface area contributed by atoms with Crippen molar-refractivity contribution in [3.63, 3.8) is 0 Å². The Balaban J connectivity index is 1.98. The van der Waals surface area contributed by atoms with Gasteiger partial charge in [0.2, 0.25) is 15.0 Å². The topological polar surface area (TPSA) is 115 Å². The van der Waals surface area contributed by atoms with Gasteiger partial charge in [-0.1, -0.05) is 41.2 Å². The number of H-pyrrole nitrogens is 1. The quantitative estimate of drug-likeness (QED) is 0.751. The summed E-state index contributed by atoms with van der Waals surface area (Å²) in [6.07, 6.45) is 1.51. The van der Waals surface area contributed by atoms with E-state index in [1.54, 1.807) is 0 Å². The Labute approximate surface area is 131 Å². The highest BCUT2D eigenvalue weighted by Crippen LogP contribution is 2.28. The molecule has 0 amide bonds. The van der Waals surface area contributed by atoms with Crippen LogP contribution in [0.1, 0.15) is 10.6 Å². The Morgan fingerprint density at radius 1 is 1.23 bits per heavy atom. The molecule has 1 aromatic carbocycles. The van der Waals surface area contributed by atoms with Crippen LogP contribution >= 0.6 is 11.3 Å². The first-order valence-corrected chi connectivity index (χ1v) is 8.83. The lowest BCUT2D eigenvalue weighted by Gasteiger charge is -2.04. The molecule has 2 aromatic heterocycles. The zero-order valence-corrected chi connectivity index (χ0v) is 13.3. The summed E-state index contributed by atoms with van der Waals surface area (Å²) in [5.74, 6) is -0.261. The van der Waals surface area contributed by atoms with Crippen LogP contribution < -0.4 is 5.73 Å². The van der Waals surface area contributed by atoms with E-state index in [0.29, 0.717) is 10.6 Å². The number of aromatic nitrogens is 4. The highest BCUT2D eigenvalue weighted by molar-refractivity contribution is 7.90. The largest absolute Gasteiger partial charge is 0.374 e. The summed E-state index contributed by atoms with van der Waals surface area (Å²) in [4.78, 5) is 0. The van der Waals surface area contributed by atoms with Crippen molar-refractivity contribution in [2.75, 3.05) is 5.73 Å². The average molecular weight is 335 g/mol. The van der Waals surface area contributed by atoms with Gasteiger partial charge in [-0.2, -0.15) is 5.10 Å². The second-order valence-corrected chi connectivity index (χ2v) is 7.79. The summed E-state index contributed by atoms with van der Waals surface area (Å²) in [6.45, 7) is 1.97. The number of anilines is 1. The third-order valence-corrected chi connectivity index (χ3v) is 5.60. The minimum Gasteiger partial charge on any atom is -0.374 e. The molecule has 9 heteroatoms. The van der Waals surface area contributed by atoms with Crippen molar-refractivity contribution in [3.8, 4) is 11.1 Å². The van der Waals surface area contributed by atoms with E-state index >= 15 is 0 Å². The van der Waals surface area contributed by atoms with E-state index in [1.165, 1.54) is 6.20 Å². The molecule has 0 saturated heterocycles. The van der Waals surface area contributed by atoms with Gasteiger partial charge in [-0.3, -0.25) is 5.10 Å². The summed E-state index contributed by atoms with van der Waals surface area (Å²) >= 11 is 1.06. The molecule has 22 heavy (non-hydrogen) atoms. The maximum absolute atomic E-state index is 12.6. The molecular formula is C13H13N5O2S2. The Morgan fingerprint density at radius 2 is 1.95 bits per heavy atom. The molecule has 7 nitrogen and oxygen atoms in total. The van der Waals surface area contributed by atoms with Crippen molar-refractivity contribution in [2.24, 2.45) is 0 Å². The van der Waals surface area contributed by atoms with Crippen molar-refractivity contribution in [2.45, 2.75) is 17.7 Å². The van der Waals surface area contributed by atoms with Crippen LogP contribution in [0.2, 0.25) is 0 Å². The molecule has 3 N–H and O–H groups in total. The molecule has 0 aliphatic carbocycles. The number of rotatable bonds is 4. The van der Waals surface area contributed by atoms with E-state index in [-0.39, 0.29) is 15.9 Å². The van der Waals surface area contributed by atoms with E-state index in [1.807, 2.05) is 31.2 Å². The van der Waals surface area contributed by atoms with Gasteiger partial charge >= 0.3 is 0 Å². The number of hydrogen-bond donors (Lipinski definition) is 2. The summed E-state index contributed by atoms with van der Waals surface area (Å²) in [7, 11) is -3.61. The van der Waals surface area contributed by atoms with Crippen molar-refractivity contribution in [3.05, 3.63) is 41.0 Å². The van der Waals surface area contributed by atoms with Gasteiger partial charge in [-0.05, 0) is 12.5 Å². The second kappa shape index (κ2) is 5.50. The maximum atomic E-state index is 12.6. The third-order valence-electron chi connectivity index (χ3n) is 3.07. The minimum atomic E-state index is -3.61. The van der Waals surface area contributed by atoms with E-state index in [9.17, 15) is 8.42 Å². The molecule has 3 aromatic rings. The molecule has 0 fully saturated rings. The Kier molecular flexibility index (Phi) is 3.67. The van der Waals surface area contributed by atoms with Crippen LogP contribution in [0.3, 0.4) is 0 Å². The third kappa shape index (κ3) is 2.85. The lowest BCUT2D eigenvalue weighted by molar-refractivity contribution is 0.591. The van der Waals surface area contributed by atoms with Gasteiger partial charge in [-0.25, -0.2) is 8.42 Å². The van der Waals surface area contributed by atoms with Crippen molar-refractivity contribution < 1.29 is 8.42 Å². The van der Waals surface area contributed by atoms with Gasteiger partial charge in [0.1, 0.15) is 10.8 Å². The molecule has 0 bridgehead atoms. The van der Waals surface area contributed by atoms with Crippen molar-refractivity contribution in [1.82, 2.24) is 20.4 Å². The highest BCUT2D eigenvalue weighted by Gasteiger charge is 2.24. The molecule has 0 saturated carbocycles. The standard InChI is InChI=1S/C13H13N5O2S2/c1-8-2-4-9(5-3-8)10-6-15-17-12(10)22(19,20)7-11-16-18-13(14)21-11/h2-6H,7H2,1H3,(H2,14,18)(H,15,17). The number of benzene rings is 1. The second-order valence-electron chi connectivity index (χ2n) is 4.77. The van der Waals surface area contributed by atoms with Crippen LogP contribution in [-0.4, -0.2) is 28.8 Å². The maximum Gasteiger partial charge on any atom is 0.203 e. The number of nitrogen functional groups attached to an aromatic ring is 1. The normalized spacial score (nSPS) is 11.7. The predicted octanol–water partition coefficient (Wildman–Crippen LogP) is 1.79. The number of nitrogens with one attached hydrogen (secondary N) is 1. The molecule has 3 rings (SSSR count). The SMILES string of the molecule is Cc1ccc(-c2cn[nH]c2S(=O)(=O)Cc2nnc(N)s2)cc1. The lowest BCUT2D eigenvalue weighted by atomic mass is 10.1. The molecule has 114 valence electrons. The molecular weight excluding hydrogens is 322 g/mol. The smallest absolute Gasteiger partial charge is 0.203 e. The summed E-state index contributed by atoms with van der Waals surface area (Å²) in [5, 5.41) is 14.5.